The summed E-state index contributed by atoms with van der Waals surface area (Å²) in [5, 5.41) is 6.10. The van der Waals surface area contributed by atoms with Crippen molar-refractivity contribution in [1.82, 2.24) is 14.9 Å². The maximum absolute atomic E-state index is 12.3. The van der Waals surface area contributed by atoms with Crippen LogP contribution in [0.15, 0.2) is 29.2 Å². The van der Waals surface area contributed by atoms with Crippen LogP contribution in [0.5, 0.6) is 0 Å². The third-order valence-corrected chi connectivity index (χ3v) is 5.06. The van der Waals surface area contributed by atoms with E-state index >= 15 is 0 Å². The molecular weight excluding hydrogens is 314 g/mol. The molecule has 1 aromatic rings. The van der Waals surface area contributed by atoms with E-state index in [4.69, 9.17) is 11.6 Å². The number of hydrogen-bond donors (Lipinski definition) is 2. The highest BCUT2D eigenvalue weighted by Gasteiger charge is 2.22. The third-order valence-electron chi connectivity index (χ3n) is 2.99. The normalized spacial score (nSPS) is 13.2. The Morgan fingerprint density at radius 3 is 2.43 bits per heavy atom. The van der Waals surface area contributed by atoms with Gasteiger partial charge in [-0.2, -0.15) is 4.31 Å². The van der Waals surface area contributed by atoms with Crippen molar-refractivity contribution in [2.75, 3.05) is 27.2 Å². The van der Waals surface area contributed by atoms with Gasteiger partial charge in [0.05, 0.1) is 11.4 Å². The number of sulfonamides is 1. The van der Waals surface area contributed by atoms with Crippen LogP contribution in [0.2, 0.25) is 5.02 Å². The van der Waals surface area contributed by atoms with Crippen LogP contribution in [0, 0.1) is 0 Å². The van der Waals surface area contributed by atoms with E-state index in [0.717, 1.165) is 4.31 Å². The topological polar surface area (TPSA) is 78.5 Å². The molecule has 1 rings (SSSR count). The minimum atomic E-state index is -3.70. The van der Waals surface area contributed by atoms with Gasteiger partial charge in [-0.15, -0.1) is 0 Å². The highest BCUT2D eigenvalue weighted by molar-refractivity contribution is 7.89. The minimum absolute atomic E-state index is 0.103. The number of halogens is 1. The Hall–Kier alpha value is -1.15. The van der Waals surface area contributed by atoms with Crippen LogP contribution >= 0.6 is 11.6 Å². The predicted molar refractivity (Wildman–Crippen MR) is 82.8 cm³/mol. The third kappa shape index (κ3) is 5.28. The Morgan fingerprint density at radius 2 is 1.90 bits per heavy atom. The van der Waals surface area contributed by atoms with Crippen LogP contribution in [-0.2, 0) is 14.8 Å². The van der Waals surface area contributed by atoms with Crippen molar-refractivity contribution in [2.45, 2.75) is 17.9 Å². The molecule has 0 saturated carbocycles. The van der Waals surface area contributed by atoms with Gasteiger partial charge in [0.1, 0.15) is 0 Å². The molecule has 0 radical (unpaired) electrons. The molecule has 0 aliphatic carbocycles. The van der Waals surface area contributed by atoms with Crippen LogP contribution in [0.4, 0.5) is 0 Å². The molecule has 0 aliphatic heterocycles. The monoisotopic (exact) mass is 333 g/mol. The standard InChI is InChI=1S/C13H20ClN3O3S/c1-10(15-2)8-16-13(18)9-17(3)21(19,20)12-6-4-11(14)5-7-12/h4-7,10,15H,8-9H2,1-3H3,(H,16,18). The van der Waals surface area contributed by atoms with Gasteiger partial charge in [-0.05, 0) is 38.2 Å². The molecule has 1 amide bonds. The van der Waals surface area contributed by atoms with Gasteiger partial charge in [0.15, 0.2) is 0 Å². The van der Waals surface area contributed by atoms with Crippen LogP contribution in [0.1, 0.15) is 6.92 Å². The predicted octanol–water partition coefficient (Wildman–Crippen LogP) is 0.685. The Kier molecular flexibility index (Phi) is 6.60. The van der Waals surface area contributed by atoms with Crippen LogP contribution in [0.25, 0.3) is 0 Å². The van der Waals surface area contributed by atoms with Gasteiger partial charge in [-0.25, -0.2) is 8.42 Å². The smallest absolute Gasteiger partial charge is 0.243 e. The highest BCUT2D eigenvalue weighted by Crippen LogP contribution is 2.17. The number of carbonyl (C=O) groups excluding carboxylic acids is 1. The van der Waals surface area contributed by atoms with E-state index in [-0.39, 0.29) is 23.4 Å². The van der Waals surface area contributed by atoms with Gasteiger partial charge in [-0.3, -0.25) is 4.79 Å². The zero-order valence-electron chi connectivity index (χ0n) is 12.3. The lowest BCUT2D eigenvalue weighted by atomic mass is 10.3. The van der Waals surface area contributed by atoms with Crippen molar-refractivity contribution in [3.05, 3.63) is 29.3 Å². The molecular formula is C13H20ClN3O3S. The summed E-state index contributed by atoms with van der Waals surface area (Å²) in [6, 6.07) is 5.94. The summed E-state index contributed by atoms with van der Waals surface area (Å²) in [7, 11) is -0.545. The zero-order chi connectivity index (χ0) is 16.0. The second-order valence-corrected chi connectivity index (χ2v) is 7.19. The van der Waals surface area contributed by atoms with E-state index in [1.807, 2.05) is 6.92 Å². The van der Waals surface area contributed by atoms with Gasteiger partial charge in [0.25, 0.3) is 0 Å². The van der Waals surface area contributed by atoms with E-state index in [0.29, 0.717) is 11.6 Å². The van der Waals surface area contributed by atoms with Gasteiger partial charge in [0, 0.05) is 24.7 Å². The van der Waals surface area contributed by atoms with Gasteiger partial charge < -0.3 is 10.6 Å². The maximum Gasteiger partial charge on any atom is 0.243 e. The van der Waals surface area contributed by atoms with Crippen molar-refractivity contribution in [3.63, 3.8) is 0 Å². The van der Waals surface area contributed by atoms with Crippen molar-refractivity contribution in [1.29, 1.82) is 0 Å². The van der Waals surface area contributed by atoms with E-state index in [1.54, 1.807) is 7.05 Å². The molecule has 21 heavy (non-hydrogen) atoms. The van der Waals surface area contributed by atoms with Crippen molar-refractivity contribution < 1.29 is 13.2 Å². The fourth-order valence-corrected chi connectivity index (χ4v) is 2.75. The lowest BCUT2D eigenvalue weighted by Gasteiger charge is -2.18. The van der Waals surface area contributed by atoms with Crippen LogP contribution < -0.4 is 10.6 Å². The van der Waals surface area contributed by atoms with Crippen molar-refractivity contribution >= 4 is 27.5 Å². The number of carbonyl (C=O) groups is 1. The molecule has 0 aromatic heterocycles. The molecule has 0 heterocycles. The Labute approximate surface area is 130 Å². The first-order chi connectivity index (χ1) is 9.77. The Balaban J connectivity index is 2.67. The molecule has 1 unspecified atom stereocenters. The first-order valence-electron chi connectivity index (χ1n) is 6.43. The van der Waals surface area contributed by atoms with Crippen LogP contribution in [-0.4, -0.2) is 51.9 Å². The average Bonchev–Trinajstić information content (AvgIpc) is 2.45. The fourth-order valence-electron chi connectivity index (χ4n) is 1.50. The zero-order valence-corrected chi connectivity index (χ0v) is 13.8. The summed E-state index contributed by atoms with van der Waals surface area (Å²) >= 11 is 5.73. The molecule has 6 nitrogen and oxygen atoms in total. The van der Waals surface area contributed by atoms with Crippen molar-refractivity contribution in [3.8, 4) is 0 Å². The van der Waals surface area contributed by atoms with E-state index < -0.39 is 10.0 Å². The van der Waals surface area contributed by atoms with Crippen molar-refractivity contribution in [2.24, 2.45) is 0 Å². The SMILES string of the molecule is CNC(C)CNC(=O)CN(C)S(=O)(=O)c1ccc(Cl)cc1. The lowest BCUT2D eigenvalue weighted by molar-refractivity contribution is -0.121. The molecule has 0 bridgehead atoms. The van der Waals surface area contributed by atoms with Gasteiger partial charge in [0.2, 0.25) is 15.9 Å². The molecule has 0 saturated heterocycles. The van der Waals surface area contributed by atoms with Gasteiger partial charge >= 0.3 is 0 Å². The summed E-state index contributed by atoms with van der Waals surface area (Å²) in [6.45, 7) is 2.11. The molecule has 0 aliphatic rings. The number of benzene rings is 1. The summed E-state index contributed by atoms with van der Waals surface area (Å²) in [6.07, 6.45) is 0. The molecule has 2 N–H and O–H groups in total. The fraction of sp³-hybridized carbons (Fsp3) is 0.462. The number of nitrogens with one attached hydrogen (secondary N) is 2. The maximum atomic E-state index is 12.3. The number of hydrogen-bond acceptors (Lipinski definition) is 4. The summed E-state index contributed by atoms with van der Waals surface area (Å²) in [5.74, 6) is -0.350. The number of amides is 1. The summed E-state index contributed by atoms with van der Waals surface area (Å²) in [5.41, 5.74) is 0. The largest absolute Gasteiger partial charge is 0.353 e. The first kappa shape index (κ1) is 17.9. The molecule has 0 spiro atoms. The molecule has 1 atom stereocenters. The minimum Gasteiger partial charge on any atom is -0.353 e. The quantitative estimate of drug-likeness (QED) is 0.769. The molecule has 118 valence electrons. The molecule has 1 aromatic carbocycles. The lowest BCUT2D eigenvalue weighted by Crippen LogP contribution is -2.42. The van der Waals surface area contributed by atoms with E-state index in [9.17, 15) is 13.2 Å². The molecule has 8 heteroatoms. The Bertz CT molecular complexity index is 575. The van der Waals surface area contributed by atoms with Crippen LogP contribution in [0.3, 0.4) is 0 Å². The number of likely N-dealkylation sites (N-methyl/N-ethyl adjacent to an activating group) is 2. The Morgan fingerprint density at radius 1 is 1.33 bits per heavy atom. The van der Waals surface area contributed by atoms with Gasteiger partial charge in [-0.1, -0.05) is 11.6 Å². The average molecular weight is 334 g/mol. The second kappa shape index (κ2) is 7.74. The first-order valence-corrected chi connectivity index (χ1v) is 8.25. The number of nitrogens with zero attached hydrogens (tertiary/aromatic N) is 1. The second-order valence-electron chi connectivity index (χ2n) is 4.71. The summed E-state index contributed by atoms with van der Waals surface area (Å²) in [4.78, 5) is 11.8. The summed E-state index contributed by atoms with van der Waals surface area (Å²) < 4.78 is 25.5. The van der Waals surface area contributed by atoms with E-state index in [1.165, 1.54) is 31.3 Å². The molecule has 0 fully saturated rings. The number of rotatable bonds is 7. The van der Waals surface area contributed by atoms with E-state index in [2.05, 4.69) is 10.6 Å². The highest BCUT2D eigenvalue weighted by atomic mass is 35.5.